The zero-order chi connectivity index (χ0) is 64.8. The molecule has 12 nitrogen and oxygen atoms in total. The molecule has 16 aromatic rings. The van der Waals surface area contributed by atoms with Gasteiger partial charge in [0.05, 0.1) is 23.3 Å². The molecule has 1 aliphatic rings. The summed E-state index contributed by atoms with van der Waals surface area (Å²) in [6.07, 6.45) is 0. The minimum Gasteiger partial charge on any atom is -0.320 e. The van der Waals surface area contributed by atoms with E-state index in [0.717, 1.165) is 103 Å². The Balaban J connectivity index is 0.000000141. The molecular formula is C83H64Ir4N12-4. The van der Waals surface area contributed by atoms with Gasteiger partial charge in [-0.05, 0) is 92.8 Å². The number of para-hydroxylation sites is 4. The molecule has 0 N–H and O–H groups in total. The summed E-state index contributed by atoms with van der Waals surface area (Å²) in [5, 5.41) is 39.4. The van der Waals surface area contributed by atoms with Crippen LogP contribution >= 0.6 is 0 Å². The van der Waals surface area contributed by atoms with E-state index >= 15 is 0 Å². The second-order valence-corrected chi connectivity index (χ2v) is 23.6. The summed E-state index contributed by atoms with van der Waals surface area (Å²) in [5.74, 6) is 6.72. The Labute approximate surface area is 630 Å². The summed E-state index contributed by atoms with van der Waals surface area (Å²) >= 11 is 0. The monoisotopic (exact) mass is 2000 g/mol. The van der Waals surface area contributed by atoms with Crippen LogP contribution in [0.15, 0.2) is 279 Å². The number of aryl methyl sites for hydroxylation is 4. The molecule has 0 spiro atoms. The van der Waals surface area contributed by atoms with Gasteiger partial charge in [0.2, 0.25) is 0 Å². The van der Waals surface area contributed by atoms with Crippen molar-refractivity contribution in [2.75, 3.05) is 0 Å². The number of aromatic nitrogens is 12. The van der Waals surface area contributed by atoms with Crippen molar-refractivity contribution in [3.8, 4) is 90.6 Å². The molecule has 4 aromatic heterocycles. The summed E-state index contributed by atoms with van der Waals surface area (Å²) in [4.78, 5) is 0. The number of hydrogen-bond donors (Lipinski definition) is 0. The number of benzene rings is 12. The minimum absolute atomic E-state index is 0. The first-order valence-corrected chi connectivity index (χ1v) is 31.5. The van der Waals surface area contributed by atoms with Crippen LogP contribution in [0.3, 0.4) is 0 Å². The molecule has 0 amide bonds. The Morgan fingerprint density at radius 2 is 0.687 bits per heavy atom. The van der Waals surface area contributed by atoms with E-state index in [0.29, 0.717) is 0 Å². The summed E-state index contributed by atoms with van der Waals surface area (Å²) in [5.41, 5.74) is 15.6. The molecule has 0 fully saturated rings. The predicted octanol–water partition coefficient (Wildman–Crippen LogP) is 18.4. The normalized spacial score (nSPS) is 11.3. The summed E-state index contributed by atoms with van der Waals surface area (Å²) in [7, 11) is 0. The van der Waals surface area contributed by atoms with Gasteiger partial charge in [-0.3, -0.25) is 0 Å². The third-order valence-corrected chi connectivity index (χ3v) is 17.1. The Hall–Kier alpha value is -9.68. The average Bonchev–Trinajstić information content (AvgIpc) is 1.58. The van der Waals surface area contributed by atoms with E-state index in [4.69, 9.17) is 0 Å². The average molecular weight is 2000 g/mol. The van der Waals surface area contributed by atoms with Gasteiger partial charge in [-0.2, -0.15) is 20.4 Å². The first-order valence-electron chi connectivity index (χ1n) is 31.5. The van der Waals surface area contributed by atoms with Gasteiger partial charge in [0, 0.05) is 103 Å². The van der Waals surface area contributed by atoms with E-state index < -0.39 is 0 Å². The van der Waals surface area contributed by atoms with Crippen LogP contribution in [0.25, 0.3) is 112 Å². The smallest absolute Gasteiger partial charge is 0.125 e. The van der Waals surface area contributed by atoms with Gasteiger partial charge in [-0.25, -0.2) is 0 Å². The molecule has 12 aromatic carbocycles. The molecule has 4 radical (unpaired) electrons. The third-order valence-electron chi connectivity index (χ3n) is 17.1. The molecule has 1 aliphatic carbocycles. The Morgan fingerprint density at radius 1 is 0.293 bits per heavy atom. The number of nitrogens with zero attached hydrogens (tertiary/aromatic N) is 12. The Kier molecular flexibility index (Phi) is 23.5. The van der Waals surface area contributed by atoms with Gasteiger partial charge in [0.1, 0.15) is 23.3 Å². The second kappa shape index (κ2) is 32.3. The van der Waals surface area contributed by atoms with E-state index in [-0.39, 0.29) is 85.8 Å². The molecule has 4 heterocycles. The molecule has 17 rings (SSSR count). The van der Waals surface area contributed by atoms with Crippen molar-refractivity contribution in [1.29, 1.82) is 0 Å². The molecule has 0 saturated carbocycles. The predicted molar refractivity (Wildman–Crippen MR) is 379 cm³/mol. The van der Waals surface area contributed by atoms with Crippen molar-refractivity contribution in [2.45, 2.75) is 47.0 Å². The molecule has 16 heteroatoms. The molecule has 0 saturated heterocycles. The van der Waals surface area contributed by atoms with Gasteiger partial charge in [-0.1, -0.05) is 217 Å². The molecular weight excluding hydrogens is 1930 g/mol. The fourth-order valence-corrected chi connectivity index (χ4v) is 12.5. The zero-order valence-corrected chi connectivity index (χ0v) is 64.3. The summed E-state index contributed by atoms with van der Waals surface area (Å²) in [6, 6.07) is 108. The minimum atomic E-state index is -0.0393. The molecule has 0 bridgehead atoms. The fourth-order valence-electron chi connectivity index (χ4n) is 12.5. The van der Waals surface area contributed by atoms with Crippen molar-refractivity contribution in [1.82, 2.24) is 59.1 Å². The van der Waals surface area contributed by atoms with E-state index in [2.05, 4.69) is 243 Å². The largest absolute Gasteiger partial charge is 0.320 e. The van der Waals surface area contributed by atoms with Crippen LogP contribution in [0.4, 0.5) is 0 Å². The quantitative estimate of drug-likeness (QED) is 0.131. The van der Waals surface area contributed by atoms with E-state index in [1.165, 1.54) is 44.0 Å². The van der Waals surface area contributed by atoms with Crippen LogP contribution in [0.1, 0.15) is 48.3 Å². The van der Waals surface area contributed by atoms with Crippen molar-refractivity contribution >= 4 is 21.5 Å². The van der Waals surface area contributed by atoms with E-state index in [1.54, 1.807) is 0 Å². The Bertz CT molecular complexity index is 5330. The van der Waals surface area contributed by atoms with Crippen molar-refractivity contribution in [3.05, 3.63) is 338 Å². The number of fused-ring (bicyclic) bond motifs is 5. The van der Waals surface area contributed by atoms with Crippen molar-refractivity contribution in [3.63, 3.8) is 0 Å². The van der Waals surface area contributed by atoms with E-state index in [9.17, 15) is 0 Å². The first kappa shape index (κ1) is 72.1. The van der Waals surface area contributed by atoms with Crippen LogP contribution < -0.4 is 0 Å². The van der Waals surface area contributed by atoms with Gasteiger partial charge in [0.25, 0.3) is 0 Å². The van der Waals surface area contributed by atoms with Gasteiger partial charge in [0.15, 0.2) is 0 Å². The molecule has 0 atom stereocenters. The second-order valence-electron chi connectivity index (χ2n) is 23.6. The topological polar surface area (TPSA) is 123 Å². The van der Waals surface area contributed by atoms with Gasteiger partial charge in [-0.15, -0.1) is 138 Å². The number of rotatable bonds is 9. The van der Waals surface area contributed by atoms with Gasteiger partial charge >= 0.3 is 0 Å². The number of hydrogen-bond acceptors (Lipinski definition) is 8. The summed E-state index contributed by atoms with van der Waals surface area (Å²) in [6.45, 7) is 12.4. The maximum atomic E-state index is 4.47. The molecule has 0 unspecified atom stereocenters. The van der Waals surface area contributed by atoms with E-state index in [1.807, 2.05) is 161 Å². The van der Waals surface area contributed by atoms with Crippen molar-refractivity contribution < 1.29 is 80.4 Å². The van der Waals surface area contributed by atoms with Crippen LogP contribution in [0, 0.1) is 52.0 Å². The first-order chi connectivity index (χ1) is 46.6. The standard InChI is InChI=1S/C24H20N3.C21H16N3.2C19H14N3.4Ir/c1-16-25-26-23(27(16)18-9-5-4-6-10-18)17-13-14-20-19-11-7-8-12-21(19)24(2,3)22(20)15-17;1-16-22-23-21(24(16)20-13-6-3-7-14-20)19-12-8-11-18(15-19)17-9-4-2-5-10-17;1-14-20-21-19(22(14)16-10-3-2-4-11-16)18-13-7-9-15-8-5-6-12-17(15)18;1-14-20-21-19(22(14)18-9-3-2-4-10-18)17-12-11-15-7-5-6-8-16(15)13-17;;;;/h4-12,14-15H,1-3H3;2-11,13-15H,1H3;2-12H,1H3;2-11,13H,1H3;;;;/q4*-1;;;;. The van der Waals surface area contributed by atoms with Gasteiger partial charge < -0.3 is 18.3 Å². The SMILES string of the molecule is Cc1nnc(-c2[c-]cc3c(c2)C(C)(C)c2ccccc2-3)n1-c1ccccc1.Cc1nnc(-c2[c-]cc3ccccc3c2)n1-c1ccccc1.Cc1nnc(-c2[c-]ccc(-c3ccccc3)c2)n1-c1ccccc1.Cc1nnc(-c2[c-]ccc3ccccc23)n1-c1ccccc1.[Ir].[Ir].[Ir].[Ir]. The van der Waals surface area contributed by atoms with Crippen LogP contribution in [-0.2, 0) is 85.8 Å². The van der Waals surface area contributed by atoms with Crippen LogP contribution in [0.2, 0.25) is 0 Å². The molecule has 99 heavy (non-hydrogen) atoms. The molecule has 0 aliphatic heterocycles. The fraction of sp³-hybridized carbons (Fsp3) is 0.0843. The Morgan fingerprint density at radius 3 is 1.21 bits per heavy atom. The maximum Gasteiger partial charge on any atom is 0.125 e. The maximum absolute atomic E-state index is 4.47. The summed E-state index contributed by atoms with van der Waals surface area (Å²) < 4.78 is 8.27. The zero-order valence-electron chi connectivity index (χ0n) is 54.8. The van der Waals surface area contributed by atoms with Crippen LogP contribution in [-0.4, -0.2) is 59.1 Å². The molecule has 496 valence electrons. The van der Waals surface area contributed by atoms with Crippen molar-refractivity contribution in [2.24, 2.45) is 0 Å². The third kappa shape index (κ3) is 15.0. The van der Waals surface area contributed by atoms with Crippen LogP contribution in [0.5, 0.6) is 0 Å².